The van der Waals surface area contributed by atoms with Gasteiger partial charge >= 0.3 is 6.18 Å². The number of hydrogen-bond donors (Lipinski definition) is 3. The molecule has 21 heavy (non-hydrogen) atoms. The molecule has 0 amide bonds. The Kier molecular flexibility index (Phi) is 6.19. The predicted octanol–water partition coefficient (Wildman–Crippen LogP) is 2.75. The van der Waals surface area contributed by atoms with Crippen LogP contribution in [0, 0.1) is 5.92 Å². The fourth-order valence-electron chi connectivity index (χ4n) is 1.60. The van der Waals surface area contributed by atoms with Crippen LogP contribution in [-0.2, 0) is 6.18 Å². The van der Waals surface area contributed by atoms with E-state index in [1.54, 1.807) is 0 Å². The Balaban J connectivity index is 3.06. The summed E-state index contributed by atoms with van der Waals surface area (Å²) in [5, 5.41) is 14.9. The number of nitrogens with zero attached hydrogens (tertiary/aromatic N) is 2. The number of halogens is 3. The summed E-state index contributed by atoms with van der Waals surface area (Å²) >= 11 is 0. The zero-order chi connectivity index (χ0) is 16.0. The van der Waals surface area contributed by atoms with Crippen molar-refractivity contribution in [3.8, 4) is 0 Å². The summed E-state index contributed by atoms with van der Waals surface area (Å²) in [5.74, 6) is -0.997. The van der Waals surface area contributed by atoms with Gasteiger partial charge in [0.05, 0.1) is 12.6 Å². The average Bonchev–Trinajstić information content (AvgIpc) is 2.41. The summed E-state index contributed by atoms with van der Waals surface area (Å²) in [4.78, 5) is 6.96. The van der Waals surface area contributed by atoms with Crippen molar-refractivity contribution in [3.63, 3.8) is 0 Å². The molecule has 5 nitrogen and oxygen atoms in total. The highest BCUT2D eigenvalue weighted by molar-refractivity contribution is 5.48. The van der Waals surface area contributed by atoms with Gasteiger partial charge in [-0.05, 0) is 12.3 Å². The summed E-state index contributed by atoms with van der Waals surface area (Å²) < 4.78 is 38.5. The topological polar surface area (TPSA) is 70.1 Å². The molecule has 1 rings (SSSR count). The van der Waals surface area contributed by atoms with Gasteiger partial charge in [0.15, 0.2) is 0 Å². The van der Waals surface area contributed by atoms with Gasteiger partial charge in [-0.25, -0.2) is 9.97 Å². The number of nitrogens with one attached hydrogen (secondary N) is 2. The van der Waals surface area contributed by atoms with Crippen LogP contribution in [0.4, 0.5) is 24.8 Å². The third-order valence-corrected chi connectivity index (χ3v) is 2.87. The molecule has 8 heteroatoms. The minimum atomic E-state index is -4.62. The standard InChI is InChI=1S/C13H21F3N4O/c1-4-5-17-10-6-11(18-9(7-21)8(2)3)20-12(19-10)13(14,15)16/h6,8-9,21H,4-5,7H2,1-3H3,(H2,17,18,19,20). The van der Waals surface area contributed by atoms with E-state index in [0.717, 1.165) is 6.42 Å². The second kappa shape index (κ2) is 7.44. The molecule has 1 atom stereocenters. The second-order valence-electron chi connectivity index (χ2n) is 5.06. The third kappa shape index (κ3) is 5.37. The Morgan fingerprint density at radius 1 is 1.24 bits per heavy atom. The van der Waals surface area contributed by atoms with E-state index < -0.39 is 12.0 Å². The SMILES string of the molecule is CCCNc1cc(NC(CO)C(C)C)nc(C(F)(F)F)n1. The van der Waals surface area contributed by atoms with E-state index in [9.17, 15) is 18.3 Å². The number of aromatic nitrogens is 2. The Morgan fingerprint density at radius 2 is 1.86 bits per heavy atom. The second-order valence-corrected chi connectivity index (χ2v) is 5.06. The van der Waals surface area contributed by atoms with E-state index in [1.807, 2.05) is 20.8 Å². The lowest BCUT2D eigenvalue weighted by Gasteiger charge is -2.21. The van der Waals surface area contributed by atoms with E-state index in [2.05, 4.69) is 20.6 Å². The van der Waals surface area contributed by atoms with Crippen molar-refractivity contribution < 1.29 is 18.3 Å². The van der Waals surface area contributed by atoms with Gasteiger partial charge in [0, 0.05) is 12.6 Å². The molecule has 3 N–H and O–H groups in total. The van der Waals surface area contributed by atoms with Gasteiger partial charge < -0.3 is 15.7 Å². The Bertz CT molecular complexity index is 452. The molecule has 0 bridgehead atoms. The minimum Gasteiger partial charge on any atom is -0.394 e. The molecule has 120 valence electrons. The number of rotatable bonds is 7. The van der Waals surface area contributed by atoms with Crippen molar-refractivity contribution in [1.82, 2.24) is 9.97 Å². The lowest BCUT2D eigenvalue weighted by atomic mass is 10.1. The van der Waals surface area contributed by atoms with Crippen LogP contribution in [0.15, 0.2) is 6.07 Å². The number of aliphatic hydroxyl groups is 1. The van der Waals surface area contributed by atoms with Crippen LogP contribution in [0.3, 0.4) is 0 Å². The largest absolute Gasteiger partial charge is 0.451 e. The highest BCUT2D eigenvalue weighted by Crippen LogP contribution is 2.28. The van der Waals surface area contributed by atoms with Gasteiger partial charge in [0.2, 0.25) is 5.82 Å². The van der Waals surface area contributed by atoms with Crippen molar-refractivity contribution in [2.24, 2.45) is 5.92 Å². The van der Waals surface area contributed by atoms with Crippen LogP contribution in [-0.4, -0.2) is 34.3 Å². The first-order valence-electron chi connectivity index (χ1n) is 6.85. The molecular weight excluding hydrogens is 285 g/mol. The minimum absolute atomic E-state index is 0.0451. The van der Waals surface area contributed by atoms with Crippen molar-refractivity contribution in [2.75, 3.05) is 23.8 Å². The van der Waals surface area contributed by atoms with E-state index in [1.165, 1.54) is 6.07 Å². The number of alkyl halides is 3. The van der Waals surface area contributed by atoms with Gasteiger partial charge in [0.25, 0.3) is 0 Å². The third-order valence-electron chi connectivity index (χ3n) is 2.87. The number of aliphatic hydroxyl groups excluding tert-OH is 1. The summed E-state index contributed by atoms with van der Waals surface area (Å²) in [7, 11) is 0. The molecule has 0 fully saturated rings. The fraction of sp³-hybridized carbons (Fsp3) is 0.692. The van der Waals surface area contributed by atoms with Crippen LogP contribution in [0.2, 0.25) is 0 Å². The van der Waals surface area contributed by atoms with E-state index in [0.29, 0.717) is 6.54 Å². The molecule has 1 aromatic heterocycles. The van der Waals surface area contributed by atoms with Crippen molar-refractivity contribution >= 4 is 11.6 Å². The molecule has 0 aliphatic carbocycles. The van der Waals surface area contributed by atoms with Crippen LogP contribution in [0.25, 0.3) is 0 Å². The van der Waals surface area contributed by atoms with Gasteiger partial charge in [0.1, 0.15) is 11.6 Å². The number of anilines is 2. The molecule has 0 spiro atoms. The zero-order valence-corrected chi connectivity index (χ0v) is 12.3. The molecule has 0 saturated heterocycles. The Morgan fingerprint density at radius 3 is 2.33 bits per heavy atom. The first-order valence-corrected chi connectivity index (χ1v) is 6.85. The summed E-state index contributed by atoms with van der Waals surface area (Å²) in [5.41, 5.74) is 0. The predicted molar refractivity (Wildman–Crippen MR) is 75.1 cm³/mol. The highest BCUT2D eigenvalue weighted by Gasteiger charge is 2.35. The van der Waals surface area contributed by atoms with E-state index >= 15 is 0 Å². The molecule has 0 saturated carbocycles. The summed E-state index contributed by atoms with van der Waals surface area (Å²) in [6.45, 7) is 5.94. The molecule has 0 aromatic carbocycles. The fourth-order valence-corrected chi connectivity index (χ4v) is 1.60. The summed E-state index contributed by atoms with van der Waals surface area (Å²) in [6, 6.07) is 1.04. The van der Waals surface area contributed by atoms with Crippen molar-refractivity contribution in [3.05, 3.63) is 11.9 Å². The maximum Gasteiger partial charge on any atom is 0.451 e. The smallest absolute Gasteiger partial charge is 0.394 e. The molecule has 0 radical (unpaired) electrons. The molecule has 0 aliphatic rings. The van der Waals surface area contributed by atoms with Crippen molar-refractivity contribution in [2.45, 2.75) is 39.4 Å². The summed E-state index contributed by atoms with van der Waals surface area (Å²) in [6.07, 6.45) is -3.85. The molecular formula is C13H21F3N4O. The van der Waals surface area contributed by atoms with E-state index in [4.69, 9.17) is 0 Å². The lowest BCUT2D eigenvalue weighted by Crippen LogP contribution is -2.30. The zero-order valence-electron chi connectivity index (χ0n) is 12.3. The van der Waals surface area contributed by atoms with Gasteiger partial charge in [-0.15, -0.1) is 0 Å². The molecule has 1 unspecified atom stereocenters. The van der Waals surface area contributed by atoms with Crippen molar-refractivity contribution in [1.29, 1.82) is 0 Å². The highest BCUT2D eigenvalue weighted by atomic mass is 19.4. The van der Waals surface area contributed by atoms with Crippen LogP contribution in [0.1, 0.15) is 33.0 Å². The number of hydrogen-bond acceptors (Lipinski definition) is 5. The van der Waals surface area contributed by atoms with Gasteiger partial charge in [-0.2, -0.15) is 13.2 Å². The molecule has 1 aromatic rings. The maximum atomic E-state index is 12.8. The van der Waals surface area contributed by atoms with Crippen LogP contribution in [0.5, 0.6) is 0 Å². The Hall–Kier alpha value is -1.57. The molecule has 1 heterocycles. The van der Waals surface area contributed by atoms with Crippen LogP contribution < -0.4 is 10.6 Å². The van der Waals surface area contributed by atoms with Gasteiger partial charge in [-0.1, -0.05) is 20.8 Å². The first-order chi connectivity index (χ1) is 9.77. The normalized spacial score (nSPS) is 13.3. The monoisotopic (exact) mass is 306 g/mol. The first kappa shape index (κ1) is 17.5. The average molecular weight is 306 g/mol. The quantitative estimate of drug-likeness (QED) is 0.722. The van der Waals surface area contributed by atoms with E-state index in [-0.39, 0.29) is 30.2 Å². The maximum absolute atomic E-state index is 12.8. The van der Waals surface area contributed by atoms with Crippen LogP contribution >= 0.6 is 0 Å². The molecule has 0 aliphatic heterocycles. The van der Waals surface area contributed by atoms with Gasteiger partial charge in [-0.3, -0.25) is 0 Å². The Labute approximate surface area is 122 Å². The lowest BCUT2D eigenvalue weighted by molar-refractivity contribution is -0.144.